The first-order valence-corrected chi connectivity index (χ1v) is 9.77. The molecule has 2 aromatic carbocycles. The molecule has 1 N–H and O–H groups in total. The van der Waals surface area contributed by atoms with E-state index in [1.165, 1.54) is 0 Å². The van der Waals surface area contributed by atoms with Gasteiger partial charge in [-0.2, -0.15) is 5.10 Å². The second-order valence-corrected chi connectivity index (χ2v) is 7.01. The van der Waals surface area contributed by atoms with Crippen LogP contribution in [-0.2, 0) is 4.79 Å². The molecule has 2 aromatic rings. The SMILES string of the molecule is CCCCOc1ccc(/C=N/NC(=O)C(C)Oc2cc(C)c(Cl)c(C)c2)cc1. The minimum atomic E-state index is -0.688. The van der Waals surface area contributed by atoms with Gasteiger partial charge < -0.3 is 9.47 Å². The molecule has 0 heterocycles. The van der Waals surface area contributed by atoms with E-state index in [1.807, 2.05) is 50.2 Å². The fourth-order valence-corrected chi connectivity index (χ4v) is 2.59. The zero-order chi connectivity index (χ0) is 20.5. The summed E-state index contributed by atoms with van der Waals surface area (Å²) in [6.45, 7) is 8.31. The number of carbonyl (C=O) groups is 1. The molecule has 0 saturated carbocycles. The number of hydrazone groups is 1. The van der Waals surface area contributed by atoms with Gasteiger partial charge in [0.1, 0.15) is 11.5 Å². The van der Waals surface area contributed by atoms with E-state index in [2.05, 4.69) is 17.5 Å². The molecule has 0 aliphatic heterocycles. The maximum atomic E-state index is 12.2. The number of ether oxygens (including phenoxy) is 2. The zero-order valence-corrected chi connectivity index (χ0v) is 17.5. The minimum Gasteiger partial charge on any atom is -0.494 e. The summed E-state index contributed by atoms with van der Waals surface area (Å²) in [7, 11) is 0. The summed E-state index contributed by atoms with van der Waals surface area (Å²) >= 11 is 6.15. The van der Waals surface area contributed by atoms with Crippen molar-refractivity contribution in [3.8, 4) is 11.5 Å². The Balaban J connectivity index is 1.85. The lowest BCUT2D eigenvalue weighted by atomic mass is 10.1. The topological polar surface area (TPSA) is 59.9 Å². The average Bonchev–Trinajstić information content (AvgIpc) is 2.67. The van der Waals surface area contributed by atoms with Crippen LogP contribution in [-0.4, -0.2) is 24.8 Å². The van der Waals surface area contributed by atoms with Gasteiger partial charge in [0.25, 0.3) is 5.91 Å². The maximum Gasteiger partial charge on any atom is 0.280 e. The van der Waals surface area contributed by atoms with E-state index in [0.29, 0.717) is 17.4 Å². The zero-order valence-electron chi connectivity index (χ0n) is 16.8. The Bertz CT molecular complexity index is 796. The van der Waals surface area contributed by atoms with Gasteiger partial charge in [0.15, 0.2) is 6.10 Å². The Morgan fingerprint density at radius 2 is 1.82 bits per heavy atom. The summed E-state index contributed by atoms with van der Waals surface area (Å²) in [6.07, 6.45) is 3.03. The molecule has 1 atom stereocenters. The van der Waals surface area contributed by atoms with Crippen molar-refractivity contribution >= 4 is 23.7 Å². The fraction of sp³-hybridized carbons (Fsp3) is 0.364. The summed E-state index contributed by atoms with van der Waals surface area (Å²) < 4.78 is 11.3. The Kier molecular flexibility index (Phi) is 8.33. The van der Waals surface area contributed by atoms with Crippen LogP contribution in [0.1, 0.15) is 43.4 Å². The third kappa shape index (κ3) is 6.57. The van der Waals surface area contributed by atoms with Crippen molar-refractivity contribution in [2.24, 2.45) is 5.10 Å². The second kappa shape index (κ2) is 10.7. The van der Waals surface area contributed by atoms with Gasteiger partial charge in [-0.05, 0) is 80.3 Å². The number of rotatable bonds is 9. The summed E-state index contributed by atoms with van der Waals surface area (Å²) in [5, 5.41) is 4.70. The van der Waals surface area contributed by atoms with Crippen molar-refractivity contribution in [1.29, 1.82) is 0 Å². The van der Waals surface area contributed by atoms with Crippen LogP contribution in [0.2, 0.25) is 5.02 Å². The van der Waals surface area contributed by atoms with Crippen molar-refractivity contribution in [2.75, 3.05) is 6.61 Å². The number of hydrogen-bond donors (Lipinski definition) is 1. The number of hydrogen-bond acceptors (Lipinski definition) is 4. The van der Waals surface area contributed by atoms with Crippen LogP contribution >= 0.6 is 11.6 Å². The molecule has 1 unspecified atom stereocenters. The standard InChI is InChI=1S/C22H27ClN2O3/c1-5-6-11-27-19-9-7-18(8-10-19)14-24-25-22(26)17(4)28-20-12-15(2)21(23)16(3)13-20/h7-10,12-14,17H,5-6,11H2,1-4H3,(H,25,26)/b24-14+. The molecular formula is C22H27ClN2O3. The normalized spacial score (nSPS) is 12.0. The van der Waals surface area contributed by atoms with Gasteiger partial charge in [-0.1, -0.05) is 24.9 Å². The van der Waals surface area contributed by atoms with Crippen molar-refractivity contribution in [3.63, 3.8) is 0 Å². The van der Waals surface area contributed by atoms with Crippen molar-refractivity contribution in [3.05, 3.63) is 58.1 Å². The van der Waals surface area contributed by atoms with Crippen molar-refractivity contribution in [2.45, 2.75) is 46.6 Å². The van der Waals surface area contributed by atoms with E-state index < -0.39 is 6.10 Å². The Labute approximate surface area is 171 Å². The highest BCUT2D eigenvalue weighted by Crippen LogP contribution is 2.26. The number of aryl methyl sites for hydroxylation is 2. The van der Waals surface area contributed by atoms with Gasteiger partial charge >= 0.3 is 0 Å². The Morgan fingerprint density at radius 3 is 2.43 bits per heavy atom. The lowest BCUT2D eigenvalue weighted by Crippen LogP contribution is -2.33. The number of nitrogens with zero attached hydrogens (tertiary/aromatic N) is 1. The smallest absolute Gasteiger partial charge is 0.280 e. The van der Waals surface area contributed by atoms with Crippen LogP contribution < -0.4 is 14.9 Å². The van der Waals surface area contributed by atoms with Crippen LogP contribution in [0.15, 0.2) is 41.5 Å². The van der Waals surface area contributed by atoms with Crippen molar-refractivity contribution in [1.82, 2.24) is 5.43 Å². The third-order valence-corrected chi connectivity index (χ3v) is 4.72. The van der Waals surface area contributed by atoms with Gasteiger partial charge in [0.05, 0.1) is 12.8 Å². The van der Waals surface area contributed by atoms with Gasteiger partial charge in [-0.3, -0.25) is 4.79 Å². The van der Waals surface area contributed by atoms with E-state index in [9.17, 15) is 4.79 Å². The number of nitrogens with one attached hydrogen (secondary N) is 1. The van der Waals surface area contributed by atoms with Crippen LogP contribution in [0, 0.1) is 13.8 Å². The first kappa shape index (κ1) is 21.8. The number of amides is 1. The van der Waals surface area contributed by atoms with Gasteiger partial charge in [-0.25, -0.2) is 5.43 Å². The van der Waals surface area contributed by atoms with Crippen LogP contribution in [0.25, 0.3) is 0 Å². The molecule has 5 nitrogen and oxygen atoms in total. The summed E-state index contributed by atoms with van der Waals surface area (Å²) in [4.78, 5) is 12.2. The largest absolute Gasteiger partial charge is 0.494 e. The molecule has 0 aliphatic carbocycles. The Morgan fingerprint density at radius 1 is 1.18 bits per heavy atom. The third-order valence-electron chi connectivity index (χ3n) is 4.13. The van der Waals surface area contributed by atoms with Crippen LogP contribution in [0.3, 0.4) is 0 Å². The number of unbranched alkanes of at least 4 members (excludes halogenated alkanes) is 1. The molecule has 1 amide bonds. The van der Waals surface area contributed by atoms with Crippen LogP contribution in [0.5, 0.6) is 11.5 Å². The molecule has 0 bridgehead atoms. The Hall–Kier alpha value is -2.53. The highest BCUT2D eigenvalue weighted by Gasteiger charge is 2.15. The quantitative estimate of drug-likeness (QED) is 0.362. The van der Waals surface area contributed by atoms with E-state index in [4.69, 9.17) is 21.1 Å². The van der Waals surface area contributed by atoms with Gasteiger partial charge in [-0.15, -0.1) is 0 Å². The highest BCUT2D eigenvalue weighted by atomic mass is 35.5. The van der Waals surface area contributed by atoms with Gasteiger partial charge in [0.2, 0.25) is 0 Å². The van der Waals surface area contributed by atoms with Gasteiger partial charge in [0, 0.05) is 5.02 Å². The second-order valence-electron chi connectivity index (χ2n) is 6.64. The summed E-state index contributed by atoms with van der Waals surface area (Å²) in [6, 6.07) is 11.2. The molecule has 0 aromatic heterocycles. The molecule has 0 saturated heterocycles. The average molecular weight is 403 g/mol. The van der Waals surface area contributed by atoms with Crippen LogP contribution in [0.4, 0.5) is 0 Å². The molecule has 0 spiro atoms. The maximum absolute atomic E-state index is 12.2. The molecule has 150 valence electrons. The predicted molar refractivity (Wildman–Crippen MR) is 114 cm³/mol. The van der Waals surface area contributed by atoms with E-state index in [1.54, 1.807) is 13.1 Å². The summed E-state index contributed by atoms with van der Waals surface area (Å²) in [5.74, 6) is 1.09. The molecule has 6 heteroatoms. The summed E-state index contributed by atoms with van der Waals surface area (Å²) in [5.41, 5.74) is 5.17. The first-order chi connectivity index (χ1) is 13.4. The molecular weight excluding hydrogens is 376 g/mol. The fourth-order valence-electron chi connectivity index (χ4n) is 2.48. The predicted octanol–water partition coefficient (Wildman–Crippen LogP) is 5.05. The number of halogens is 1. The molecule has 0 radical (unpaired) electrons. The molecule has 0 fully saturated rings. The van der Waals surface area contributed by atoms with E-state index in [0.717, 1.165) is 35.3 Å². The number of benzene rings is 2. The molecule has 2 rings (SSSR count). The lowest BCUT2D eigenvalue weighted by Gasteiger charge is -2.14. The van der Waals surface area contributed by atoms with Crippen molar-refractivity contribution < 1.29 is 14.3 Å². The van der Waals surface area contributed by atoms with E-state index in [-0.39, 0.29) is 5.91 Å². The first-order valence-electron chi connectivity index (χ1n) is 9.40. The lowest BCUT2D eigenvalue weighted by molar-refractivity contribution is -0.127. The monoisotopic (exact) mass is 402 g/mol. The molecule has 0 aliphatic rings. The highest BCUT2D eigenvalue weighted by molar-refractivity contribution is 6.32. The molecule has 28 heavy (non-hydrogen) atoms. The minimum absolute atomic E-state index is 0.332. The number of carbonyl (C=O) groups excluding carboxylic acids is 1. The van der Waals surface area contributed by atoms with E-state index >= 15 is 0 Å².